The monoisotopic (exact) mass is 1240 g/mol. The SMILES string of the molecule is C=CC(=O)OCCCCCCOc1ccc(C(=O)Oc2ccc(C(=O)c3ccc(OCCCCCCOC(=O)C=C)cc3)cc2C)cc1.C=CC(=O)OCCCCOc1ccc(C(=O)Oc2ccc(C(=O)c3ccc(OCCCCOC(=O)C=C)cc3)cc2)cc1. The van der Waals surface area contributed by atoms with Crippen molar-refractivity contribution in [3.05, 3.63) is 229 Å². The quantitative estimate of drug-likeness (QED) is 0.00869. The Morgan fingerprint density at radius 1 is 0.297 bits per heavy atom. The molecule has 0 saturated carbocycles. The molecule has 0 fully saturated rings. The number of benzene rings is 6. The fraction of sp³-hybridized carbons (Fsp3) is 0.288. The van der Waals surface area contributed by atoms with Gasteiger partial charge in [0.15, 0.2) is 11.6 Å². The van der Waals surface area contributed by atoms with Crippen LogP contribution in [0.5, 0.6) is 34.5 Å². The molecule has 0 aliphatic heterocycles. The van der Waals surface area contributed by atoms with Gasteiger partial charge in [0, 0.05) is 46.6 Å². The van der Waals surface area contributed by atoms with Crippen molar-refractivity contribution in [3.63, 3.8) is 0 Å². The molecule has 0 aliphatic rings. The predicted octanol–water partition coefficient (Wildman–Crippen LogP) is 13.7. The first-order chi connectivity index (χ1) is 44.2. The van der Waals surface area contributed by atoms with Gasteiger partial charge in [-0.1, -0.05) is 26.3 Å². The zero-order chi connectivity index (χ0) is 65.4. The third-order valence-corrected chi connectivity index (χ3v) is 13.3. The molecule has 0 radical (unpaired) electrons. The van der Waals surface area contributed by atoms with Gasteiger partial charge in [-0.3, -0.25) is 9.59 Å². The topological polar surface area (TPSA) is 229 Å². The van der Waals surface area contributed by atoms with Crippen molar-refractivity contribution in [1.29, 1.82) is 0 Å². The van der Waals surface area contributed by atoms with E-state index in [0.29, 0.717) is 152 Å². The summed E-state index contributed by atoms with van der Waals surface area (Å²) in [5.41, 5.74) is 3.33. The summed E-state index contributed by atoms with van der Waals surface area (Å²) >= 11 is 0. The fourth-order valence-corrected chi connectivity index (χ4v) is 8.23. The highest BCUT2D eigenvalue weighted by molar-refractivity contribution is 6.10. The number of hydrogen-bond donors (Lipinski definition) is 0. The van der Waals surface area contributed by atoms with Crippen LogP contribution in [0, 0.1) is 6.92 Å². The van der Waals surface area contributed by atoms with E-state index in [1.54, 1.807) is 146 Å². The summed E-state index contributed by atoms with van der Waals surface area (Å²) in [4.78, 5) is 95.4. The van der Waals surface area contributed by atoms with Crippen LogP contribution in [-0.4, -0.2) is 100 Å². The Morgan fingerprint density at radius 3 is 0.868 bits per heavy atom. The molecule has 0 bridgehead atoms. The van der Waals surface area contributed by atoms with Crippen molar-refractivity contribution >= 4 is 47.4 Å². The first-order valence-corrected chi connectivity index (χ1v) is 30.0. The second kappa shape index (κ2) is 41.0. The average Bonchev–Trinajstić information content (AvgIpc) is 2.18. The van der Waals surface area contributed by atoms with Gasteiger partial charge in [0.1, 0.15) is 34.5 Å². The smallest absolute Gasteiger partial charge is 0.343 e. The van der Waals surface area contributed by atoms with Crippen molar-refractivity contribution in [2.24, 2.45) is 0 Å². The molecule has 18 nitrogen and oxygen atoms in total. The maximum atomic E-state index is 13.1. The summed E-state index contributed by atoms with van der Waals surface area (Å²) in [5, 5.41) is 0. The minimum Gasteiger partial charge on any atom is -0.494 e. The minimum absolute atomic E-state index is 0.149. The van der Waals surface area contributed by atoms with Gasteiger partial charge in [0.05, 0.1) is 64.0 Å². The number of aryl methyl sites for hydroxylation is 1. The van der Waals surface area contributed by atoms with Gasteiger partial charge < -0.3 is 47.4 Å². The number of ether oxygens (including phenoxy) is 10. The summed E-state index contributed by atoms with van der Waals surface area (Å²) in [6.45, 7) is 18.6. The maximum Gasteiger partial charge on any atom is 0.343 e. The summed E-state index contributed by atoms with van der Waals surface area (Å²) in [7, 11) is 0. The van der Waals surface area contributed by atoms with E-state index < -0.39 is 35.8 Å². The van der Waals surface area contributed by atoms with E-state index in [-0.39, 0.29) is 11.6 Å². The zero-order valence-electron chi connectivity index (χ0n) is 51.4. The lowest BCUT2D eigenvalue weighted by Crippen LogP contribution is -2.10. The molecule has 478 valence electrons. The lowest BCUT2D eigenvalue weighted by atomic mass is 10.0. The third-order valence-electron chi connectivity index (χ3n) is 13.3. The fourth-order valence-electron chi connectivity index (χ4n) is 8.23. The molecule has 0 amide bonds. The van der Waals surface area contributed by atoms with Crippen LogP contribution in [-0.2, 0) is 38.1 Å². The molecule has 6 aromatic rings. The van der Waals surface area contributed by atoms with Crippen LogP contribution < -0.4 is 28.4 Å². The van der Waals surface area contributed by atoms with Crippen molar-refractivity contribution in [1.82, 2.24) is 0 Å². The highest BCUT2D eigenvalue weighted by atomic mass is 16.6. The molecule has 0 spiro atoms. The van der Waals surface area contributed by atoms with Gasteiger partial charge in [0.25, 0.3) is 0 Å². The second-order valence-electron chi connectivity index (χ2n) is 20.2. The van der Waals surface area contributed by atoms with Gasteiger partial charge in [-0.15, -0.1) is 0 Å². The van der Waals surface area contributed by atoms with E-state index in [9.17, 15) is 38.4 Å². The van der Waals surface area contributed by atoms with Crippen LogP contribution in [0.1, 0.15) is 135 Å². The molecular formula is C73H78O18. The highest BCUT2D eigenvalue weighted by Crippen LogP contribution is 2.25. The second-order valence-corrected chi connectivity index (χ2v) is 20.2. The van der Waals surface area contributed by atoms with Gasteiger partial charge in [-0.05, 0) is 229 Å². The zero-order valence-corrected chi connectivity index (χ0v) is 51.4. The predicted molar refractivity (Wildman–Crippen MR) is 342 cm³/mol. The van der Waals surface area contributed by atoms with Gasteiger partial charge >= 0.3 is 35.8 Å². The maximum absolute atomic E-state index is 13.1. The lowest BCUT2D eigenvalue weighted by Gasteiger charge is -2.11. The van der Waals surface area contributed by atoms with Crippen molar-refractivity contribution in [3.8, 4) is 34.5 Å². The summed E-state index contributed by atoms with van der Waals surface area (Å²) in [6.07, 6.45) is 14.4. The average molecular weight is 1240 g/mol. The molecule has 0 unspecified atom stereocenters. The molecule has 0 heterocycles. The third kappa shape index (κ3) is 27.3. The Balaban J connectivity index is 0.000000333. The van der Waals surface area contributed by atoms with Crippen LogP contribution >= 0.6 is 0 Å². The van der Waals surface area contributed by atoms with Gasteiger partial charge in [-0.2, -0.15) is 0 Å². The first-order valence-electron chi connectivity index (χ1n) is 30.0. The van der Waals surface area contributed by atoms with Crippen LogP contribution in [0.25, 0.3) is 0 Å². The first kappa shape index (κ1) is 71.4. The molecular weight excluding hydrogens is 1160 g/mol. The van der Waals surface area contributed by atoms with Crippen LogP contribution in [0.3, 0.4) is 0 Å². The number of hydrogen-bond acceptors (Lipinski definition) is 18. The minimum atomic E-state index is -0.539. The standard InChI is InChI=1S/C39H44O9.C34H34O9/c1-4-36(40)46-26-12-8-6-10-24-44-33-19-14-30(15-20-33)38(42)32-18-23-35(29(3)28-32)48-39(43)31-16-21-34(22-17-31)45-25-11-7-9-13-27-47-37(41)5-2;1-3-31(35)41-23-7-5-21-39-28-15-9-25(10-16-28)33(37)26-11-19-30(20-12-26)43-34(38)27-13-17-29(18-14-27)40-22-6-8-24-42-32(36)4-2/h4-5,14-23,28H,1-2,6-13,24-27H2,3H3;3-4,9-20H,1-2,5-8,21-24H2. The Hall–Kier alpha value is -10.4. The van der Waals surface area contributed by atoms with E-state index in [1.807, 2.05) is 0 Å². The van der Waals surface area contributed by atoms with E-state index in [1.165, 1.54) is 0 Å². The van der Waals surface area contributed by atoms with E-state index >= 15 is 0 Å². The Kier molecular flexibility index (Phi) is 32.1. The summed E-state index contributed by atoms with van der Waals surface area (Å²) < 4.78 is 53.7. The molecule has 0 aromatic heterocycles. The number of ketones is 2. The molecule has 0 N–H and O–H groups in total. The number of carbonyl (C=O) groups excluding carboxylic acids is 8. The van der Waals surface area contributed by atoms with Crippen molar-refractivity contribution in [2.75, 3.05) is 52.9 Å². The Morgan fingerprint density at radius 2 is 0.549 bits per heavy atom. The highest BCUT2D eigenvalue weighted by Gasteiger charge is 2.17. The Labute approximate surface area is 531 Å². The summed E-state index contributed by atoms with van der Waals surface area (Å²) in [5.74, 6) is 0.181. The van der Waals surface area contributed by atoms with E-state index in [4.69, 9.17) is 47.4 Å². The number of carbonyl (C=O) groups is 8. The lowest BCUT2D eigenvalue weighted by molar-refractivity contribution is -0.138. The number of esters is 6. The van der Waals surface area contributed by atoms with Crippen molar-refractivity contribution < 1.29 is 85.7 Å². The number of rotatable bonds is 40. The molecule has 6 rings (SSSR count). The normalized spacial score (nSPS) is 10.3. The molecule has 6 aromatic carbocycles. The van der Waals surface area contributed by atoms with Gasteiger partial charge in [-0.25, -0.2) is 28.8 Å². The molecule has 0 aliphatic carbocycles. The van der Waals surface area contributed by atoms with Gasteiger partial charge in [0.2, 0.25) is 0 Å². The van der Waals surface area contributed by atoms with Crippen LogP contribution in [0.4, 0.5) is 0 Å². The number of unbranched alkanes of at least 4 members (excludes halogenated alkanes) is 8. The molecule has 91 heavy (non-hydrogen) atoms. The summed E-state index contributed by atoms with van der Waals surface area (Å²) in [6, 6.07) is 38.5. The van der Waals surface area contributed by atoms with Crippen molar-refractivity contribution in [2.45, 2.75) is 84.0 Å². The molecule has 0 atom stereocenters. The molecule has 18 heteroatoms. The molecule has 0 saturated heterocycles. The van der Waals surface area contributed by atoms with E-state index in [2.05, 4.69) is 26.3 Å². The largest absolute Gasteiger partial charge is 0.494 e. The van der Waals surface area contributed by atoms with Crippen LogP contribution in [0.2, 0.25) is 0 Å². The van der Waals surface area contributed by atoms with Crippen LogP contribution in [0.15, 0.2) is 190 Å². The van der Waals surface area contributed by atoms with E-state index in [0.717, 1.165) is 75.7 Å². The Bertz CT molecular complexity index is 3330.